The van der Waals surface area contributed by atoms with Gasteiger partial charge in [-0.1, -0.05) is 11.8 Å². The summed E-state index contributed by atoms with van der Waals surface area (Å²) in [6, 6.07) is 6.62. The van der Waals surface area contributed by atoms with Crippen LogP contribution in [0.2, 0.25) is 0 Å². The van der Waals surface area contributed by atoms with Crippen LogP contribution in [-0.2, 0) is 0 Å². The lowest BCUT2D eigenvalue weighted by Crippen LogP contribution is -2.43. The number of nitrogens with one attached hydrogen (secondary N) is 1. The molecule has 3 nitrogen and oxygen atoms in total. The van der Waals surface area contributed by atoms with E-state index < -0.39 is 5.76 Å². The summed E-state index contributed by atoms with van der Waals surface area (Å²) in [7, 11) is 1.81. The minimum Gasteiger partial charge on any atom is -0.339 e. The molecule has 1 saturated heterocycles. The van der Waals surface area contributed by atoms with Gasteiger partial charge in [0.2, 0.25) is 0 Å². The Balaban J connectivity index is 2.00. The standard InChI is InChI=1S/C14H18F2N2OS/c1-18(11-6-8-17-9-7-11)13(19)10-2-4-12(5-3-10)20-14(15)16/h2-5,11,14,17H,6-9H2,1H3. The lowest BCUT2D eigenvalue weighted by molar-refractivity contribution is 0.0703. The Morgan fingerprint density at radius 3 is 2.45 bits per heavy atom. The number of amides is 1. The summed E-state index contributed by atoms with van der Waals surface area (Å²) in [5.74, 6) is -2.49. The number of nitrogens with zero attached hydrogens (tertiary/aromatic N) is 1. The molecular weight excluding hydrogens is 282 g/mol. The van der Waals surface area contributed by atoms with Gasteiger partial charge < -0.3 is 10.2 Å². The first-order valence-corrected chi connectivity index (χ1v) is 7.48. The van der Waals surface area contributed by atoms with Crippen LogP contribution in [0.1, 0.15) is 23.2 Å². The number of carbonyl (C=O) groups is 1. The lowest BCUT2D eigenvalue weighted by Gasteiger charge is -2.31. The third-order valence-corrected chi connectivity index (χ3v) is 4.23. The zero-order valence-corrected chi connectivity index (χ0v) is 12.1. The van der Waals surface area contributed by atoms with Crippen molar-refractivity contribution in [3.05, 3.63) is 29.8 Å². The molecule has 1 N–H and O–H groups in total. The first-order valence-electron chi connectivity index (χ1n) is 6.60. The largest absolute Gasteiger partial charge is 0.339 e. The number of halogens is 2. The van der Waals surface area contributed by atoms with Crippen LogP contribution >= 0.6 is 11.8 Å². The molecule has 110 valence electrons. The third kappa shape index (κ3) is 3.93. The van der Waals surface area contributed by atoms with Gasteiger partial charge in [0.15, 0.2) is 0 Å². The van der Waals surface area contributed by atoms with Crippen molar-refractivity contribution in [2.75, 3.05) is 20.1 Å². The van der Waals surface area contributed by atoms with Crippen LogP contribution in [0.15, 0.2) is 29.2 Å². The smallest absolute Gasteiger partial charge is 0.288 e. The summed E-state index contributed by atoms with van der Waals surface area (Å²) >= 11 is 0.489. The molecule has 0 bridgehead atoms. The fraction of sp³-hybridized carbons (Fsp3) is 0.500. The van der Waals surface area contributed by atoms with E-state index in [0.717, 1.165) is 25.9 Å². The summed E-state index contributed by atoms with van der Waals surface area (Å²) in [5.41, 5.74) is 0.546. The van der Waals surface area contributed by atoms with Crippen molar-refractivity contribution in [1.82, 2.24) is 10.2 Å². The zero-order chi connectivity index (χ0) is 14.5. The molecule has 0 aromatic heterocycles. The molecule has 0 spiro atoms. The molecule has 0 aliphatic carbocycles. The van der Waals surface area contributed by atoms with E-state index >= 15 is 0 Å². The highest BCUT2D eigenvalue weighted by molar-refractivity contribution is 7.99. The van der Waals surface area contributed by atoms with Crippen LogP contribution < -0.4 is 5.32 Å². The Bertz CT molecular complexity index is 447. The molecule has 1 aliphatic heterocycles. The minimum absolute atomic E-state index is 0.0505. The second-order valence-corrected chi connectivity index (χ2v) is 5.86. The number of rotatable bonds is 4. The van der Waals surface area contributed by atoms with Crippen molar-refractivity contribution in [1.29, 1.82) is 0 Å². The lowest BCUT2D eigenvalue weighted by atomic mass is 10.0. The van der Waals surface area contributed by atoms with Crippen molar-refractivity contribution in [3.63, 3.8) is 0 Å². The van der Waals surface area contributed by atoms with E-state index in [1.807, 2.05) is 0 Å². The van der Waals surface area contributed by atoms with E-state index in [1.54, 1.807) is 36.2 Å². The molecule has 0 unspecified atom stereocenters. The molecule has 0 atom stereocenters. The van der Waals surface area contributed by atoms with Crippen molar-refractivity contribution < 1.29 is 13.6 Å². The van der Waals surface area contributed by atoms with Crippen LogP contribution in [-0.4, -0.2) is 42.7 Å². The Morgan fingerprint density at radius 1 is 1.30 bits per heavy atom. The summed E-state index contributed by atoms with van der Waals surface area (Å²) in [4.78, 5) is 14.6. The second kappa shape index (κ2) is 7.04. The maximum atomic E-state index is 12.3. The van der Waals surface area contributed by atoms with Crippen LogP contribution in [0.25, 0.3) is 0 Å². The van der Waals surface area contributed by atoms with E-state index in [2.05, 4.69) is 5.32 Å². The van der Waals surface area contributed by atoms with E-state index in [9.17, 15) is 13.6 Å². The van der Waals surface area contributed by atoms with E-state index in [4.69, 9.17) is 0 Å². The quantitative estimate of drug-likeness (QED) is 0.868. The van der Waals surface area contributed by atoms with Gasteiger partial charge in [-0.25, -0.2) is 0 Å². The van der Waals surface area contributed by atoms with Gasteiger partial charge in [0, 0.05) is 23.5 Å². The summed E-state index contributed by atoms with van der Waals surface area (Å²) in [6.45, 7) is 1.85. The molecule has 20 heavy (non-hydrogen) atoms. The normalized spacial score (nSPS) is 16.4. The maximum Gasteiger partial charge on any atom is 0.288 e. The van der Waals surface area contributed by atoms with Crippen LogP contribution in [0.4, 0.5) is 8.78 Å². The Labute approximate surface area is 121 Å². The van der Waals surface area contributed by atoms with Gasteiger partial charge in [0.25, 0.3) is 11.7 Å². The van der Waals surface area contributed by atoms with Crippen LogP contribution in [0, 0.1) is 0 Å². The molecule has 1 aromatic carbocycles. The van der Waals surface area contributed by atoms with Crippen LogP contribution in [0.3, 0.4) is 0 Å². The van der Waals surface area contributed by atoms with E-state index in [0.29, 0.717) is 22.2 Å². The predicted molar refractivity (Wildman–Crippen MR) is 76.3 cm³/mol. The maximum absolute atomic E-state index is 12.3. The number of hydrogen-bond donors (Lipinski definition) is 1. The molecule has 1 aromatic rings. The Morgan fingerprint density at radius 2 is 1.90 bits per heavy atom. The van der Waals surface area contributed by atoms with Crippen molar-refractivity contribution >= 4 is 17.7 Å². The van der Waals surface area contributed by atoms with Gasteiger partial charge in [-0.2, -0.15) is 8.78 Å². The van der Waals surface area contributed by atoms with Gasteiger partial charge >= 0.3 is 0 Å². The number of carbonyl (C=O) groups excluding carboxylic acids is 1. The zero-order valence-electron chi connectivity index (χ0n) is 11.3. The summed E-state index contributed by atoms with van der Waals surface area (Å²) in [6.07, 6.45) is 1.89. The second-order valence-electron chi connectivity index (χ2n) is 4.80. The van der Waals surface area contributed by atoms with Crippen molar-refractivity contribution in [2.45, 2.75) is 29.5 Å². The molecule has 6 heteroatoms. The molecule has 0 radical (unpaired) electrons. The summed E-state index contributed by atoms with van der Waals surface area (Å²) < 4.78 is 24.5. The van der Waals surface area contributed by atoms with Gasteiger partial charge in [0.1, 0.15) is 0 Å². The average molecular weight is 300 g/mol. The molecule has 0 saturated carbocycles. The SMILES string of the molecule is CN(C(=O)c1ccc(SC(F)F)cc1)C1CCNCC1. The summed E-state index contributed by atoms with van der Waals surface area (Å²) in [5, 5.41) is 3.26. The number of piperidine rings is 1. The Hall–Kier alpha value is -1.14. The minimum atomic E-state index is -2.44. The Kier molecular flexibility index (Phi) is 5.37. The number of benzene rings is 1. The number of alkyl halides is 2. The molecule has 1 amide bonds. The molecule has 1 fully saturated rings. The molecule has 1 heterocycles. The predicted octanol–water partition coefficient (Wildman–Crippen LogP) is 2.83. The van der Waals surface area contributed by atoms with Gasteiger partial charge in [-0.15, -0.1) is 0 Å². The number of hydrogen-bond acceptors (Lipinski definition) is 3. The highest BCUT2D eigenvalue weighted by Gasteiger charge is 2.22. The van der Waals surface area contributed by atoms with Gasteiger partial charge in [0.05, 0.1) is 0 Å². The third-order valence-electron chi connectivity index (χ3n) is 3.50. The highest BCUT2D eigenvalue weighted by atomic mass is 32.2. The van der Waals surface area contributed by atoms with Crippen LogP contribution in [0.5, 0.6) is 0 Å². The fourth-order valence-electron chi connectivity index (χ4n) is 2.34. The molecule has 1 aliphatic rings. The monoisotopic (exact) mass is 300 g/mol. The molecular formula is C14H18F2N2OS. The first kappa shape index (κ1) is 15.3. The van der Waals surface area contributed by atoms with E-state index in [1.165, 1.54) is 0 Å². The topological polar surface area (TPSA) is 32.3 Å². The first-order chi connectivity index (χ1) is 9.58. The van der Waals surface area contributed by atoms with Gasteiger partial charge in [-0.3, -0.25) is 4.79 Å². The van der Waals surface area contributed by atoms with Gasteiger partial charge in [-0.05, 0) is 50.2 Å². The number of thioether (sulfide) groups is 1. The van der Waals surface area contributed by atoms with Crippen molar-refractivity contribution in [2.24, 2.45) is 0 Å². The fourth-order valence-corrected chi connectivity index (χ4v) is 2.84. The highest BCUT2D eigenvalue weighted by Crippen LogP contribution is 2.25. The molecule has 2 rings (SSSR count). The van der Waals surface area contributed by atoms with E-state index in [-0.39, 0.29) is 11.9 Å². The average Bonchev–Trinajstić information content (AvgIpc) is 2.47. The van der Waals surface area contributed by atoms with Crippen molar-refractivity contribution in [3.8, 4) is 0 Å².